The van der Waals surface area contributed by atoms with E-state index >= 15 is 0 Å². The van der Waals surface area contributed by atoms with Crippen LogP contribution in [0, 0.1) is 20.8 Å². The standard InChI is InChI=1S/C14H18N2/c1-9-7-10(2)13(11(3)8-9)12(4)14-15-5-6-16-14/h5-8,12H,1-4H3,(H,15,16)/t12-/m1/s1. The molecular weight excluding hydrogens is 196 g/mol. The number of aromatic nitrogens is 2. The maximum absolute atomic E-state index is 4.34. The fourth-order valence-electron chi connectivity index (χ4n) is 2.53. The minimum atomic E-state index is 0.329. The number of H-pyrrole nitrogens is 1. The molecule has 0 fully saturated rings. The molecule has 0 aliphatic rings. The highest BCUT2D eigenvalue weighted by atomic mass is 14.9. The number of nitrogens with one attached hydrogen (secondary N) is 1. The highest BCUT2D eigenvalue weighted by molar-refractivity contribution is 5.41. The van der Waals surface area contributed by atoms with Gasteiger partial charge in [0.15, 0.2) is 0 Å². The molecule has 1 atom stereocenters. The van der Waals surface area contributed by atoms with Gasteiger partial charge in [-0.3, -0.25) is 0 Å². The monoisotopic (exact) mass is 214 g/mol. The van der Waals surface area contributed by atoms with Crippen molar-refractivity contribution in [2.75, 3.05) is 0 Å². The molecule has 0 saturated heterocycles. The topological polar surface area (TPSA) is 28.7 Å². The Bertz CT molecular complexity index is 460. The smallest absolute Gasteiger partial charge is 0.113 e. The lowest BCUT2D eigenvalue weighted by Crippen LogP contribution is -2.04. The summed E-state index contributed by atoms with van der Waals surface area (Å²) in [4.78, 5) is 7.53. The summed E-state index contributed by atoms with van der Waals surface area (Å²) in [5, 5.41) is 0. The highest BCUT2D eigenvalue weighted by Gasteiger charge is 2.15. The van der Waals surface area contributed by atoms with Crippen LogP contribution in [0.4, 0.5) is 0 Å². The van der Waals surface area contributed by atoms with Crippen molar-refractivity contribution in [3.63, 3.8) is 0 Å². The van der Waals surface area contributed by atoms with E-state index in [1.807, 2.05) is 12.4 Å². The molecule has 1 aromatic carbocycles. The quantitative estimate of drug-likeness (QED) is 0.814. The molecule has 2 aromatic rings. The second kappa shape index (κ2) is 4.12. The van der Waals surface area contributed by atoms with Crippen molar-refractivity contribution in [2.24, 2.45) is 0 Å². The van der Waals surface area contributed by atoms with E-state index in [-0.39, 0.29) is 0 Å². The average Bonchev–Trinajstić information content (AvgIpc) is 2.67. The first kappa shape index (κ1) is 10.9. The van der Waals surface area contributed by atoms with Gasteiger partial charge in [0, 0.05) is 18.3 Å². The first-order valence-electron chi connectivity index (χ1n) is 5.66. The Morgan fingerprint density at radius 1 is 1.12 bits per heavy atom. The third-order valence-electron chi connectivity index (χ3n) is 3.10. The summed E-state index contributed by atoms with van der Waals surface area (Å²) in [6.07, 6.45) is 3.69. The van der Waals surface area contributed by atoms with Crippen LogP contribution in [0.2, 0.25) is 0 Å². The Hall–Kier alpha value is -1.57. The largest absolute Gasteiger partial charge is 0.348 e. The number of aromatic amines is 1. The maximum atomic E-state index is 4.34. The first-order chi connectivity index (χ1) is 7.59. The molecule has 2 heteroatoms. The van der Waals surface area contributed by atoms with E-state index in [9.17, 15) is 0 Å². The van der Waals surface area contributed by atoms with Crippen LogP contribution < -0.4 is 0 Å². The van der Waals surface area contributed by atoms with Crippen LogP contribution in [0.1, 0.15) is 40.9 Å². The van der Waals surface area contributed by atoms with Gasteiger partial charge in [-0.05, 0) is 37.5 Å². The zero-order valence-corrected chi connectivity index (χ0v) is 10.3. The number of hydrogen-bond acceptors (Lipinski definition) is 1. The molecular formula is C14H18N2. The summed E-state index contributed by atoms with van der Waals surface area (Å²) >= 11 is 0. The van der Waals surface area contributed by atoms with Crippen molar-refractivity contribution in [2.45, 2.75) is 33.6 Å². The normalized spacial score (nSPS) is 12.8. The number of aryl methyl sites for hydroxylation is 3. The van der Waals surface area contributed by atoms with Crippen LogP contribution in [0.5, 0.6) is 0 Å². The van der Waals surface area contributed by atoms with Crippen molar-refractivity contribution in [1.29, 1.82) is 0 Å². The molecule has 2 nitrogen and oxygen atoms in total. The minimum absolute atomic E-state index is 0.329. The van der Waals surface area contributed by atoms with Gasteiger partial charge in [0.2, 0.25) is 0 Å². The van der Waals surface area contributed by atoms with Crippen LogP contribution in [0.3, 0.4) is 0 Å². The van der Waals surface area contributed by atoms with Crippen LogP contribution in [0.15, 0.2) is 24.5 Å². The van der Waals surface area contributed by atoms with E-state index in [2.05, 4.69) is 49.8 Å². The molecule has 0 radical (unpaired) electrons. The Morgan fingerprint density at radius 3 is 2.25 bits per heavy atom. The molecule has 2 rings (SSSR count). The number of rotatable bonds is 2. The fourth-order valence-corrected chi connectivity index (χ4v) is 2.53. The van der Waals surface area contributed by atoms with Gasteiger partial charge in [0.05, 0.1) is 0 Å². The lowest BCUT2D eigenvalue weighted by Gasteiger charge is -2.16. The Balaban J connectivity index is 2.48. The summed E-state index contributed by atoms with van der Waals surface area (Å²) in [7, 11) is 0. The van der Waals surface area contributed by atoms with Crippen molar-refractivity contribution >= 4 is 0 Å². The lowest BCUT2D eigenvalue weighted by molar-refractivity contribution is 0.823. The van der Waals surface area contributed by atoms with Crippen LogP contribution in [-0.4, -0.2) is 9.97 Å². The van der Waals surface area contributed by atoms with Crippen LogP contribution in [0.25, 0.3) is 0 Å². The number of nitrogens with zero attached hydrogens (tertiary/aromatic N) is 1. The third kappa shape index (κ3) is 1.87. The van der Waals surface area contributed by atoms with E-state index in [4.69, 9.17) is 0 Å². The van der Waals surface area contributed by atoms with Gasteiger partial charge in [-0.15, -0.1) is 0 Å². The molecule has 16 heavy (non-hydrogen) atoms. The van der Waals surface area contributed by atoms with E-state index < -0.39 is 0 Å². The molecule has 0 saturated carbocycles. The zero-order valence-electron chi connectivity index (χ0n) is 10.3. The van der Waals surface area contributed by atoms with Gasteiger partial charge in [0.25, 0.3) is 0 Å². The van der Waals surface area contributed by atoms with Gasteiger partial charge in [-0.25, -0.2) is 4.98 Å². The number of hydrogen-bond donors (Lipinski definition) is 1. The summed E-state index contributed by atoms with van der Waals surface area (Å²) in [5.41, 5.74) is 5.41. The first-order valence-corrected chi connectivity index (χ1v) is 5.66. The van der Waals surface area contributed by atoms with E-state index in [0.717, 1.165) is 5.82 Å². The Kier molecular flexibility index (Phi) is 2.82. The molecule has 1 heterocycles. The Morgan fingerprint density at radius 2 is 1.75 bits per heavy atom. The molecule has 0 aliphatic heterocycles. The second-order valence-electron chi connectivity index (χ2n) is 4.51. The van der Waals surface area contributed by atoms with E-state index in [1.54, 1.807) is 0 Å². The van der Waals surface area contributed by atoms with Gasteiger partial charge in [0.1, 0.15) is 5.82 Å². The molecule has 0 bridgehead atoms. The molecule has 0 aliphatic carbocycles. The summed E-state index contributed by atoms with van der Waals surface area (Å²) in [6.45, 7) is 8.69. The summed E-state index contributed by atoms with van der Waals surface area (Å²) < 4.78 is 0. The van der Waals surface area contributed by atoms with Crippen LogP contribution in [-0.2, 0) is 0 Å². The highest BCUT2D eigenvalue weighted by Crippen LogP contribution is 2.28. The van der Waals surface area contributed by atoms with Crippen molar-refractivity contribution in [3.05, 3.63) is 52.6 Å². The predicted molar refractivity (Wildman–Crippen MR) is 66.8 cm³/mol. The van der Waals surface area contributed by atoms with Gasteiger partial charge in [-0.2, -0.15) is 0 Å². The van der Waals surface area contributed by atoms with Gasteiger partial charge < -0.3 is 4.98 Å². The van der Waals surface area contributed by atoms with E-state index in [1.165, 1.54) is 22.3 Å². The number of imidazole rings is 1. The van der Waals surface area contributed by atoms with Crippen molar-refractivity contribution < 1.29 is 0 Å². The molecule has 0 spiro atoms. The zero-order chi connectivity index (χ0) is 11.7. The molecule has 0 unspecified atom stereocenters. The van der Waals surface area contributed by atoms with Crippen molar-refractivity contribution in [3.8, 4) is 0 Å². The molecule has 84 valence electrons. The third-order valence-corrected chi connectivity index (χ3v) is 3.10. The summed E-state index contributed by atoms with van der Waals surface area (Å²) in [5.74, 6) is 1.37. The molecule has 1 N–H and O–H groups in total. The van der Waals surface area contributed by atoms with Crippen LogP contribution >= 0.6 is 0 Å². The van der Waals surface area contributed by atoms with E-state index in [0.29, 0.717) is 5.92 Å². The second-order valence-corrected chi connectivity index (χ2v) is 4.51. The minimum Gasteiger partial charge on any atom is -0.348 e. The van der Waals surface area contributed by atoms with Crippen molar-refractivity contribution in [1.82, 2.24) is 9.97 Å². The lowest BCUT2D eigenvalue weighted by atomic mass is 9.90. The van der Waals surface area contributed by atoms with Gasteiger partial charge in [-0.1, -0.05) is 24.6 Å². The molecule has 1 aromatic heterocycles. The predicted octanol–water partition coefficient (Wildman–Crippen LogP) is 3.49. The maximum Gasteiger partial charge on any atom is 0.113 e. The molecule has 0 amide bonds. The SMILES string of the molecule is Cc1cc(C)c([C@@H](C)c2ncc[nH]2)c(C)c1. The summed E-state index contributed by atoms with van der Waals surface area (Å²) in [6, 6.07) is 4.48. The average molecular weight is 214 g/mol. The Labute approximate surface area is 96.7 Å². The van der Waals surface area contributed by atoms with Gasteiger partial charge >= 0.3 is 0 Å². The number of benzene rings is 1. The fraction of sp³-hybridized carbons (Fsp3) is 0.357.